The molecule has 0 aromatic carbocycles. The van der Waals surface area contributed by atoms with Crippen LogP contribution in [0, 0.1) is 0 Å². The zero-order valence-corrected chi connectivity index (χ0v) is 12.1. The molecule has 102 valence electrons. The average Bonchev–Trinajstić information content (AvgIpc) is 3.08. The van der Waals surface area contributed by atoms with Gasteiger partial charge in [0.1, 0.15) is 0 Å². The number of rotatable bonds is 3. The molecule has 1 aromatic heterocycles. The normalized spacial score (nSPS) is 24.5. The van der Waals surface area contributed by atoms with Crippen molar-refractivity contribution in [2.75, 3.05) is 5.32 Å². The van der Waals surface area contributed by atoms with Gasteiger partial charge in [0.05, 0.1) is 22.5 Å². The Bertz CT molecular complexity index is 470. The molecule has 2 aliphatic rings. The van der Waals surface area contributed by atoms with Gasteiger partial charge < -0.3 is 14.6 Å². The first-order valence-electron chi connectivity index (χ1n) is 6.96. The minimum absolute atomic E-state index is 0.327. The largest absolute Gasteiger partial charge is 0.516 e. The molecule has 19 heavy (non-hydrogen) atoms. The first kappa shape index (κ1) is 12.9. The van der Waals surface area contributed by atoms with Gasteiger partial charge in [-0.2, -0.15) is 0 Å². The van der Waals surface area contributed by atoms with Gasteiger partial charge in [0.15, 0.2) is 0 Å². The Labute approximate surface area is 115 Å². The van der Waals surface area contributed by atoms with E-state index in [2.05, 4.69) is 38.0 Å². The first-order chi connectivity index (χ1) is 8.89. The van der Waals surface area contributed by atoms with Gasteiger partial charge in [-0.1, -0.05) is 0 Å². The quantitative estimate of drug-likeness (QED) is 0.843. The maximum atomic E-state index is 6.07. The standard InChI is InChI=1S/C14H21BN2O2/c1-13(2)14(3,4)19-15(18-13)12-11(6-5-9-16-12)17-10-7-8-10/h5-6,9-10,17H,7-8H2,1-4H3. The maximum absolute atomic E-state index is 6.07. The van der Waals surface area contributed by atoms with Crippen molar-refractivity contribution in [3.05, 3.63) is 18.3 Å². The Morgan fingerprint density at radius 2 is 1.84 bits per heavy atom. The number of aromatic nitrogens is 1. The second-order valence-electron chi connectivity index (χ2n) is 6.44. The van der Waals surface area contributed by atoms with Gasteiger partial charge in [0.2, 0.25) is 0 Å². The molecule has 0 atom stereocenters. The van der Waals surface area contributed by atoms with Gasteiger partial charge in [0.25, 0.3) is 0 Å². The SMILES string of the molecule is CC1(C)OB(c2ncccc2NC2CC2)OC1(C)C. The summed E-state index contributed by atoms with van der Waals surface area (Å²) in [7, 11) is -0.396. The predicted octanol–water partition coefficient (Wildman–Crippen LogP) is 1.96. The molecule has 2 heterocycles. The number of pyridine rings is 1. The van der Waals surface area contributed by atoms with E-state index in [4.69, 9.17) is 9.31 Å². The van der Waals surface area contributed by atoms with E-state index in [9.17, 15) is 0 Å². The summed E-state index contributed by atoms with van der Waals surface area (Å²) in [5.41, 5.74) is 1.23. The van der Waals surface area contributed by atoms with Crippen molar-refractivity contribution in [1.82, 2.24) is 4.98 Å². The van der Waals surface area contributed by atoms with E-state index in [0.29, 0.717) is 6.04 Å². The van der Waals surface area contributed by atoms with Crippen LogP contribution in [0.4, 0.5) is 5.69 Å². The van der Waals surface area contributed by atoms with Gasteiger partial charge in [0, 0.05) is 12.2 Å². The highest BCUT2D eigenvalue weighted by Gasteiger charge is 2.53. The molecule has 0 radical (unpaired) electrons. The summed E-state index contributed by atoms with van der Waals surface area (Å²) in [4.78, 5) is 4.46. The third kappa shape index (κ3) is 2.37. The zero-order chi connectivity index (χ0) is 13.7. The van der Waals surface area contributed by atoms with Crippen LogP contribution < -0.4 is 10.9 Å². The fourth-order valence-corrected chi connectivity index (χ4v) is 2.13. The molecule has 0 amide bonds. The molecule has 4 nitrogen and oxygen atoms in total. The summed E-state index contributed by atoms with van der Waals surface area (Å²) >= 11 is 0. The predicted molar refractivity (Wildman–Crippen MR) is 76.6 cm³/mol. The summed E-state index contributed by atoms with van der Waals surface area (Å²) in [6.07, 6.45) is 4.26. The molecule has 1 aliphatic heterocycles. The van der Waals surface area contributed by atoms with Gasteiger partial charge in [-0.15, -0.1) is 0 Å². The van der Waals surface area contributed by atoms with E-state index in [0.717, 1.165) is 11.3 Å². The van der Waals surface area contributed by atoms with E-state index < -0.39 is 7.12 Å². The van der Waals surface area contributed by atoms with Crippen LogP contribution in [-0.2, 0) is 9.31 Å². The first-order valence-corrected chi connectivity index (χ1v) is 6.96. The van der Waals surface area contributed by atoms with Crippen LogP contribution in [0.3, 0.4) is 0 Å². The molecule has 0 bridgehead atoms. The molecule has 1 saturated carbocycles. The zero-order valence-electron chi connectivity index (χ0n) is 12.1. The topological polar surface area (TPSA) is 43.4 Å². The second kappa shape index (κ2) is 4.22. The lowest BCUT2D eigenvalue weighted by molar-refractivity contribution is 0.00578. The number of nitrogens with zero attached hydrogens (tertiary/aromatic N) is 1. The molecular weight excluding hydrogens is 239 g/mol. The van der Waals surface area contributed by atoms with Crippen molar-refractivity contribution in [3.8, 4) is 0 Å². The minimum atomic E-state index is -0.396. The van der Waals surface area contributed by atoms with E-state index >= 15 is 0 Å². The highest BCUT2D eigenvalue weighted by Crippen LogP contribution is 2.37. The number of nitrogens with one attached hydrogen (secondary N) is 1. The summed E-state index contributed by atoms with van der Waals surface area (Å²) in [6, 6.07) is 4.58. The van der Waals surface area contributed by atoms with Crippen LogP contribution in [0.1, 0.15) is 40.5 Å². The Balaban J connectivity index is 1.86. The van der Waals surface area contributed by atoms with Crippen LogP contribution in [0.2, 0.25) is 0 Å². The lowest BCUT2D eigenvalue weighted by atomic mass is 9.83. The Morgan fingerprint density at radius 1 is 1.21 bits per heavy atom. The summed E-state index contributed by atoms with van der Waals surface area (Å²) < 4.78 is 12.1. The van der Waals surface area contributed by atoms with Crippen LogP contribution in [-0.4, -0.2) is 29.3 Å². The average molecular weight is 260 g/mol. The van der Waals surface area contributed by atoms with Crippen molar-refractivity contribution in [3.63, 3.8) is 0 Å². The third-order valence-corrected chi connectivity index (χ3v) is 4.25. The van der Waals surface area contributed by atoms with Gasteiger partial charge in [-0.25, -0.2) is 0 Å². The molecular formula is C14H21BN2O2. The van der Waals surface area contributed by atoms with Gasteiger partial charge >= 0.3 is 7.12 Å². The molecule has 1 aliphatic carbocycles. The van der Waals surface area contributed by atoms with E-state index in [1.165, 1.54) is 12.8 Å². The van der Waals surface area contributed by atoms with Gasteiger partial charge in [-0.3, -0.25) is 4.98 Å². The number of anilines is 1. The van der Waals surface area contributed by atoms with Crippen molar-refractivity contribution in [2.24, 2.45) is 0 Å². The van der Waals surface area contributed by atoms with E-state index in [1.807, 2.05) is 12.1 Å². The highest BCUT2D eigenvalue weighted by atomic mass is 16.7. The molecule has 0 spiro atoms. The Morgan fingerprint density at radius 3 is 2.42 bits per heavy atom. The second-order valence-corrected chi connectivity index (χ2v) is 6.44. The fraction of sp³-hybridized carbons (Fsp3) is 0.643. The summed E-state index contributed by atoms with van der Waals surface area (Å²) in [6.45, 7) is 8.24. The number of hydrogen-bond acceptors (Lipinski definition) is 4. The summed E-state index contributed by atoms with van der Waals surface area (Å²) in [5, 5.41) is 3.49. The molecule has 1 aromatic rings. The molecule has 1 N–H and O–H groups in total. The lowest BCUT2D eigenvalue weighted by Crippen LogP contribution is -2.41. The molecule has 3 rings (SSSR count). The Kier molecular flexibility index (Phi) is 2.87. The smallest absolute Gasteiger partial charge is 0.398 e. The van der Waals surface area contributed by atoms with Gasteiger partial charge in [-0.05, 0) is 52.7 Å². The molecule has 0 unspecified atom stereocenters. The van der Waals surface area contributed by atoms with E-state index in [1.54, 1.807) is 6.20 Å². The summed E-state index contributed by atoms with van der Waals surface area (Å²) in [5.74, 6) is 0. The Hall–Kier alpha value is -1.07. The van der Waals surface area contributed by atoms with Crippen molar-refractivity contribution < 1.29 is 9.31 Å². The van der Waals surface area contributed by atoms with Crippen molar-refractivity contribution in [2.45, 2.75) is 57.8 Å². The fourth-order valence-electron chi connectivity index (χ4n) is 2.13. The third-order valence-electron chi connectivity index (χ3n) is 4.25. The van der Waals surface area contributed by atoms with Crippen LogP contribution >= 0.6 is 0 Å². The highest BCUT2D eigenvalue weighted by molar-refractivity contribution is 6.62. The maximum Gasteiger partial charge on any atom is 0.516 e. The van der Waals surface area contributed by atoms with Crippen molar-refractivity contribution >= 4 is 18.4 Å². The van der Waals surface area contributed by atoms with Crippen LogP contribution in [0.5, 0.6) is 0 Å². The molecule has 1 saturated heterocycles. The number of hydrogen-bond donors (Lipinski definition) is 1. The minimum Gasteiger partial charge on any atom is -0.398 e. The van der Waals surface area contributed by atoms with Crippen molar-refractivity contribution in [1.29, 1.82) is 0 Å². The van der Waals surface area contributed by atoms with Crippen LogP contribution in [0.25, 0.3) is 0 Å². The molecule has 5 heteroatoms. The monoisotopic (exact) mass is 260 g/mol. The lowest BCUT2D eigenvalue weighted by Gasteiger charge is -2.32. The van der Waals surface area contributed by atoms with Crippen LogP contribution in [0.15, 0.2) is 18.3 Å². The van der Waals surface area contributed by atoms with E-state index in [-0.39, 0.29) is 11.2 Å². The molecule has 2 fully saturated rings.